The van der Waals surface area contributed by atoms with E-state index in [1.165, 1.54) is 22.4 Å². The summed E-state index contributed by atoms with van der Waals surface area (Å²) < 4.78 is 11.9. The van der Waals surface area contributed by atoms with Gasteiger partial charge in [-0.25, -0.2) is 15.0 Å². The first kappa shape index (κ1) is 40.6. The van der Waals surface area contributed by atoms with Crippen LogP contribution in [0.25, 0.3) is 21.6 Å². The number of methoxy groups -OCH3 is 1. The number of aliphatic imine (C=N–C) groups is 1. The fourth-order valence-corrected chi connectivity index (χ4v) is 5.56. The summed E-state index contributed by atoms with van der Waals surface area (Å²) in [5, 5.41) is 7.00. The van der Waals surface area contributed by atoms with Crippen molar-refractivity contribution in [2.75, 3.05) is 45.4 Å². The molecular formula is C36H55N5O4S. The molecule has 10 heteroatoms. The largest absolute Gasteiger partial charge is 0.481 e. The van der Waals surface area contributed by atoms with Gasteiger partial charge in [0, 0.05) is 66.8 Å². The summed E-state index contributed by atoms with van der Waals surface area (Å²) in [6.45, 7) is 19.1. The van der Waals surface area contributed by atoms with Crippen LogP contribution >= 0.6 is 11.3 Å². The Kier molecular flexibility index (Phi) is 21.0. The van der Waals surface area contributed by atoms with Crippen molar-refractivity contribution >= 4 is 38.9 Å². The lowest BCUT2D eigenvalue weighted by Gasteiger charge is -2.28. The molecule has 0 aliphatic carbocycles. The molecule has 0 unspecified atom stereocenters. The van der Waals surface area contributed by atoms with Gasteiger partial charge in [0.1, 0.15) is 0 Å². The Bertz CT molecular complexity index is 1360. The molecule has 0 spiro atoms. The predicted molar refractivity (Wildman–Crippen MR) is 195 cm³/mol. The molecule has 0 atom stereocenters. The minimum absolute atomic E-state index is 0.126. The Morgan fingerprint density at radius 3 is 2.37 bits per heavy atom. The molecule has 1 fully saturated rings. The Balaban J connectivity index is 0.000000477. The molecule has 1 saturated heterocycles. The number of ether oxygens (including phenoxy) is 2. The zero-order valence-electron chi connectivity index (χ0n) is 29.3. The van der Waals surface area contributed by atoms with Crippen molar-refractivity contribution < 1.29 is 19.4 Å². The third-order valence-corrected chi connectivity index (χ3v) is 7.93. The van der Waals surface area contributed by atoms with Gasteiger partial charge in [-0.05, 0) is 44.7 Å². The lowest BCUT2D eigenvalue weighted by Crippen LogP contribution is -2.36. The first-order chi connectivity index (χ1) is 22.4. The van der Waals surface area contributed by atoms with Gasteiger partial charge in [0.25, 0.3) is 0 Å². The van der Waals surface area contributed by atoms with Gasteiger partial charge in [0.05, 0.1) is 30.5 Å². The van der Waals surface area contributed by atoms with Gasteiger partial charge in [-0.1, -0.05) is 60.1 Å². The number of nitrogens with zero attached hydrogens (tertiary/aromatic N) is 5. The van der Waals surface area contributed by atoms with Crippen LogP contribution in [0.15, 0.2) is 53.8 Å². The third-order valence-electron chi connectivity index (χ3n) is 6.75. The van der Waals surface area contributed by atoms with E-state index < -0.39 is 0 Å². The van der Waals surface area contributed by atoms with Crippen molar-refractivity contribution in [1.29, 1.82) is 0 Å². The number of aliphatic hydroxyl groups excluding tert-OH is 1. The van der Waals surface area contributed by atoms with E-state index in [1.807, 2.05) is 51.2 Å². The van der Waals surface area contributed by atoms with Gasteiger partial charge < -0.3 is 19.5 Å². The summed E-state index contributed by atoms with van der Waals surface area (Å²) in [4.78, 5) is 33.6. The maximum absolute atomic E-state index is 11.5. The highest BCUT2D eigenvalue weighted by Crippen LogP contribution is 2.35. The van der Waals surface area contributed by atoms with Crippen LogP contribution in [0.4, 0.5) is 5.82 Å². The van der Waals surface area contributed by atoms with Crippen molar-refractivity contribution in [2.45, 2.75) is 86.5 Å². The number of allylic oxidation sites excluding steroid dienone is 2. The number of aliphatic hydroxyl groups is 1. The van der Waals surface area contributed by atoms with Crippen LogP contribution < -0.4 is 9.64 Å². The first-order valence-corrected chi connectivity index (χ1v) is 17.2. The van der Waals surface area contributed by atoms with E-state index >= 15 is 0 Å². The van der Waals surface area contributed by atoms with Gasteiger partial charge in [0.2, 0.25) is 5.88 Å². The number of carbonyl (C=O) groups excluding carboxylic acids is 1. The van der Waals surface area contributed by atoms with Gasteiger partial charge >= 0.3 is 0 Å². The second-order valence-electron chi connectivity index (χ2n) is 10.2. The number of morpholine rings is 1. The standard InChI is InChI=1S/C20H24N4O2S.C13H21NO.C2H6.CH4O/c1-3-4-5-15-12-16-18(27-15)20(24-8-10-26-11-9-24)23-19(22-16)14-6-7-17(25-2)21-13-14;1-5-8-11(4)14-10-12(7-3)13(15)9-6-2;2*1-2/h6-7,12-13H,3-5,8-11H2,1-2H3;7,10H,3,5-6,8-9H2,1-2,4H3;1-2H3;2H,1H3/b;12-10+,14-11?;;. The lowest BCUT2D eigenvalue weighted by atomic mass is 10.1. The van der Waals surface area contributed by atoms with Crippen LogP contribution in [0, 0.1) is 0 Å². The molecule has 4 heterocycles. The number of hydrogen-bond acceptors (Lipinski definition) is 10. The molecule has 0 aromatic carbocycles. The van der Waals surface area contributed by atoms with E-state index in [1.54, 1.807) is 25.6 Å². The molecule has 1 N–H and O–H groups in total. The number of pyridine rings is 1. The minimum atomic E-state index is 0.126. The topological polar surface area (TPSA) is 110 Å². The fourth-order valence-electron chi connectivity index (χ4n) is 4.41. The monoisotopic (exact) mass is 653 g/mol. The zero-order valence-corrected chi connectivity index (χ0v) is 30.1. The number of aromatic nitrogens is 3. The number of hydrogen-bond donors (Lipinski definition) is 1. The number of carbonyl (C=O) groups is 1. The Hall–Kier alpha value is -3.47. The molecule has 0 saturated carbocycles. The minimum Gasteiger partial charge on any atom is -0.481 e. The Morgan fingerprint density at radius 1 is 1.11 bits per heavy atom. The summed E-state index contributed by atoms with van der Waals surface area (Å²) >= 11 is 1.82. The SMILES string of the molecule is C=C/C(=C\N=C(C)CCC)C(=O)CCC.CC.CCCCc1cc2nc(-c3ccc(OC)nc3)nc(N3CCOCC3)c2s1.CO. The van der Waals surface area contributed by atoms with E-state index in [0.717, 1.165) is 81.7 Å². The second kappa shape index (κ2) is 23.8. The summed E-state index contributed by atoms with van der Waals surface area (Å²) in [5.74, 6) is 2.44. The summed E-state index contributed by atoms with van der Waals surface area (Å²) in [5.41, 5.74) is 3.59. The number of aryl methyl sites for hydroxylation is 1. The highest BCUT2D eigenvalue weighted by Gasteiger charge is 2.20. The molecule has 0 bridgehead atoms. The van der Waals surface area contributed by atoms with Gasteiger partial charge in [-0.3, -0.25) is 9.79 Å². The van der Waals surface area contributed by atoms with Gasteiger partial charge in [-0.2, -0.15) is 0 Å². The van der Waals surface area contributed by atoms with Crippen LogP contribution in [0.2, 0.25) is 0 Å². The number of anilines is 1. The van der Waals surface area contributed by atoms with Crippen molar-refractivity contribution in [3.63, 3.8) is 0 Å². The summed E-state index contributed by atoms with van der Waals surface area (Å²) in [6.07, 6.45) is 12.0. The number of fused-ring (bicyclic) bond motifs is 1. The fraction of sp³-hybridized carbons (Fsp3) is 0.528. The maximum Gasteiger partial charge on any atom is 0.212 e. The highest BCUT2D eigenvalue weighted by atomic mass is 32.1. The molecular weight excluding hydrogens is 598 g/mol. The van der Waals surface area contributed by atoms with E-state index in [4.69, 9.17) is 24.5 Å². The number of thiophene rings is 1. The summed E-state index contributed by atoms with van der Waals surface area (Å²) in [7, 11) is 2.62. The van der Waals surface area contributed by atoms with Gasteiger partial charge in [0.15, 0.2) is 17.4 Å². The molecule has 3 aromatic rings. The maximum atomic E-state index is 11.5. The second-order valence-corrected chi connectivity index (χ2v) is 11.3. The molecule has 0 amide bonds. The molecule has 0 radical (unpaired) electrons. The number of rotatable bonds is 13. The third kappa shape index (κ3) is 13.1. The Labute approximate surface area is 280 Å². The molecule has 1 aliphatic rings. The van der Waals surface area contributed by atoms with Crippen LogP contribution in [-0.4, -0.2) is 72.1 Å². The first-order valence-electron chi connectivity index (χ1n) is 16.4. The Morgan fingerprint density at radius 2 is 1.80 bits per heavy atom. The van der Waals surface area contributed by atoms with Crippen LogP contribution in [-0.2, 0) is 16.0 Å². The lowest BCUT2D eigenvalue weighted by molar-refractivity contribution is -0.115. The van der Waals surface area contributed by atoms with E-state index in [2.05, 4.69) is 41.4 Å². The van der Waals surface area contributed by atoms with Crippen LogP contribution in [0.1, 0.15) is 84.9 Å². The number of unbranched alkanes of at least 4 members (excludes halogenated alkanes) is 1. The number of Topliss-reactive ketones (excluding diaryl/α,β-unsaturated/α-hetero) is 1. The normalized spacial score (nSPS) is 13.0. The molecule has 4 rings (SSSR count). The molecule has 1 aliphatic heterocycles. The van der Waals surface area contributed by atoms with Crippen molar-refractivity contribution in [2.24, 2.45) is 4.99 Å². The van der Waals surface area contributed by atoms with Crippen molar-refractivity contribution in [3.8, 4) is 17.3 Å². The molecule has 46 heavy (non-hydrogen) atoms. The summed E-state index contributed by atoms with van der Waals surface area (Å²) in [6, 6.07) is 6.03. The highest BCUT2D eigenvalue weighted by molar-refractivity contribution is 7.19. The predicted octanol–water partition coefficient (Wildman–Crippen LogP) is 8.26. The molecule has 254 valence electrons. The van der Waals surface area contributed by atoms with E-state index in [9.17, 15) is 4.79 Å². The quantitative estimate of drug-likeness (QED) is 0.112. The van der Waals surface area contributed by atoms with E-state index in [-0.39, 0.29) is 5.78 Å². The number of ketones is 1. The smallest absolute Gasteiger partial charge is 0.212 e. The zero-order chi connectivity index (χ0) is 34.3. The van der Waals surface area contributed by atoms with Crippen LogP contribution in [0.5, 0.6) is 5.88 Å². The van der Waals surface area contributed by atoms with Gasteiger partial charge in [-0.15, -0.1) is 11.3 Å². The van der Waals surface area contributed by atoms with Crippen LogP contribution in [0.3, 0.4) is 0 Å². The molecule has 9 nitrogen and oxygen atoms in total. The van der Waals surface area contributed by atoms with E-state index in [0.29, 0.717) is 23.7 Å². The van der Waals surface area contributed by atoms with Crippen molar-refractivity contribution in [1.82, 2.24) is 15.0 Å². The average Bonchev–Trinajstić information content (AvgIpc) is 3.53. The van der Waals surface area contributed by atoms with Crippen molar-refractivity contribution in [3.05, 3.63) is 53.7 Å². The average molecular weight is 654 g/mol. The molecule has 3 aromatic heterocycles.